The minimum Gasteiger partial charge on any atom is -0.251 e. The molecule has 0 N–H and O–H groups in total. The highest BCUT2D eigenvalue weighted by molar-refractivity contribution is 9.24. The van der Waals surface area contributed by atoms with Crippen LogP contribution in [0.4, 0.5) is 4.39 Å². The first kappa shape index (κ1) is 10.1. The highest BCUT2D eigenvalue weighted by Crippen LogP contribution is 2.28. The number of nitrogens with zero attached hydrogens (tertiary/aromatic N) is 1. The molecule has 0 aliphatic carbocycles. The molecule has 0 unspecified atom stereocenters. The van der Waals surface area contributed by atoms with Crippen LogP contribution in [0.5, 0.6) is 0 Å². The van der Waals surface area contributed by atoms with Gasteiger partial charge in [0, 0.05) is 5.39 Å². The standard InChI is InChI=1S/C10H6Br2FN/c11-10(12)9-3-1-6-5-7(13)2-4-8(6)14-9/h1-5,10H. The van der Waals surface area contributed by atoms with Crippen LogP contribution in [-0.4, -0.2) is 4.98 Å². The van der Waals surface area contributed by atoms with Gasteiger partial charge in [0.1, 0.15) is 9.55 Å². The molecule has 14 heavy (non-hydrogen) atoms. The Hall–Kier alpha value is -0.480. The Kier molecular flexibility index (Phi) is 2.83. The molecule has 0 saturated carbocycles. The van der Waals surface area contributed by atoms with Crippen molar-refractivity contribution in [3.63, 3.8) is 0 Å². The summed E-state index contributed by atoms with van der Waals surface area (Å²) in [7, 11) is 0. The monoisotopic (exact) mass is 317 g/mol. The van der Waals surface area contributed by atoms with Crippen molar-refractivity contribution in [2.24, 2.45) is 0 Å². The zero-order chi connectivity index (χ0) is 10.1. The smallest absolute Gasteiger partial charge is 0.123 e. The fraction of sp³-hybridized carbons (Fsp3) is 0.100. The Balaban J connectivity index is 2.62. The van der Waals surface area contributed by atoms with Crippen LogP contribution < -0.4 is 0 Å². The molecule has 1 heterocycles. The van der Waals surface area contributed by atoms with Gasteiger partial charge >= 0.3 is 0 Å². The van der Waals surface area contributed by atoms with Crippen molar-refractivity contribution in [2.75, 3.05) is 0 Å². The van der Waals surface area contributed by atoms with Crippen LogP contribution >= 0.6 is 31.9 Å². The first-order valence-corrected chi connectivity index (χ1v) is 5.84. The van der Waals surface area contributed by atoms with Crippen molar-refractivity contribution < 1.29 is 4.39 Å². The lowest BCUT2D eigenvalue weighted by Gasteiger charge is -2.03. The highest BCUT2D eigenvalue weighted by atomic mass is 79.9. The number of pyridine rings is 1. The third-order valence-corrected chi connectivity index (χ3v) is 2.83. The van der Waals surface area contributed by atoms with E-state index in [1.54, 1.807) is 6.07 Å². The summed E-state index contributed by atoms with van der Waals surface area (Å²) in [6, 6.07) is 8.28. The van der Waals surface area contributed by atoms with Crippen molar-refractivity contribution in [3.05, 3.63) is 41.8 Å². The lowest BCUT2D eigenvalue weighted by Crippen LogP contribution is -1.88. The lowest BCUT2D eigenvalue weighted by atomic mass is 10.2. The molecule has 4 heteroatoms. The lowest BCUT2D eigenvalue weighted by molar-refractivity contribution is 0.629. The van der Waals surface area contributed by atoms with Gasteiger partial charge in [-0.05, 0) is 24.3 Å². The first-order chi connectivity index (χ1) is 6.66. The molecule has 0 fully saturated rings. The van der Waals surface area contributed by atoms with Crippen molar-refractivity contribution in [2.45, 2.75) is 3.74 Å². The molecule has 1 nitrogen and oxygen atoms in total. The molecule has 0 spiro atoms. The number of halogens is 3. The zero-order valence-corrected chi connectivity index (χ0v) is 10.2. The molecule has 0 saturated heterocycles. The zero-order valence-electron chi connectivity index (χ0n) is 7.05. The van der Waals surface area contributed by atoms with Crippen molar-refractivity contribution in [3.8, 4) is 0 Å². The molecule has 2 rings (SSSR count). The molecule has 72 valence electrons. The highest BCUT2D eigenvalue weighted by Gasteiger charge is 2.05. The number of benzene rings is 1. The third-order valence-electron chi connectivity index (χ3n) is 1.90. The molecule has 0 aliphatic heterocycles. The third kappa shape index (κ3) is 1.96. The van der Waals surface area contributed by atoms with Gasteiger partial charge < -0.3 is 0 Å². The summed E-state index contributed by atoms with van der Waals surface area (Å²) in [5.74, 6) is -0.235. The Labute approximate surface area is 97.6 Å². The van der Waals surface area contributed by atoms with E-state index in [2.05, 4.69) is 36.8 Å². The summed E-state index contributed by atoms with van der Waals surface area (Å²) >= 11 is 6.73. The fourth-order valence-corrected chi connectivity index (χ4v) is 1.74. The Morgan fingerprint density at radius 3 is 2.64 bits per heavy atom. The summed E-state index contributed by atoms with van der Waals surface area (Å²) in [5.41, 5.74) is 1.68. The largest absolute Gasteiger partial charge is 0.251 e. The minimum atomic E-state index is -0.235. The second-order valence-corrected chi connectivity index (χ2v) is 5.93. The second-order valence-electron chi connectivity index (χ2n) is 2.87. The van der Waals surface area contributed by atoms with E-state index < -0.39 is 0 Å². The summed E-state index contributed by atoms with van der Waals surface area (Å²) in [6.07, 6.45) is 0. The van der Waals surface area contributed by atoms with Gasteiger partial charge in [-0.15, -0.1) is 0 Å². The summed E-state index contributed by atoms with van der Waals surface area (Å²) < 4.78 is 12.9. The van der Waals surface area contributed by atoms with Gasteiger partial charge in [-0.1, -0.05) is 37.9 Å². The van der Waals surface area contributed by atoms with Crippen molar-refractivity contribution >= 4 is 42.8 Å². The summed E-state index contributed by atoms with van der Waals surface area (Å²) in [4.78, 5) is 4.36. The van der Waals surface area contributed by atoms with Gasteiger partial charge in [-0.2, -0.15) is 0 Å². The van der Waals surface area contributed by atoms with Crippen LogP contribution in [0.2, 0.25) is 0 Å². The van der Waals surface area contributed by atoms with Gasteiger partial charge in [-0.3, -0.25) is 4.98 Å². The average Bonchev–Trinajstić information content (AvgIpc) is 2.16. The first-order valence-electron chi connectivity index (χ1n) is 4.01. The van der Waals surface area contributed by atoms with E-state index in [4.69, 9.17) is 0 Å². The van der Waals surface area contributed by atoms with Gasteiger partial charge in [0.2, 0.25) is 0 Å². The van der Waals surface area contributed by atoms with E-state index in [9.17, 15) is 4.39 Å². The predicted molar refractivity (Wildman–Crippen MR) is 62.3 cm³/mol. The van der Waals surface area contributed by atoms with Gasteiger partial charge in [0.25, 0.3) is 0 Å². The molecule has 1 aromatic carbocycles. The second kappa shape index (κ2) is 3.95. The van der Waals surface area contributed by atoms with Crippen LogP contribution in [0.25, 0.3) is 10.9 Å². The van der Waals surface area contributed by atoms with E-state index in [1.165, 1.54) is 12.1 Å². The quantitative estimate of drug-likeness (QED) is 0.719. The van der Waals surface area contributed by atoms with Gasteiger partial charge in [0.15, 0.2) is 0 Å². The molecule has 0 radical (unpaired) electrons. The Morgan fingerprint density at radius 1 is 1.14 bits per heavy atom. The van der Waals surface area contributed by atoms with Crippen molar-refractivity contribution in [1.29, 1.82) is 0 Å². The minimum absolute atomic E-state index is 0.0319. The fourth-order valence-electron chi connectivity index (χ4n) is 1.23. The molecular formula is C10H6Br2FN. The van der Waals surface area contributed by atoms with Gasteiger partial charge in [-0.25, -0.2) is 4.39 Å². The topological polar surface area (TPSA) is 12.9 Å². The maximum absolute atomic E-state index is 12.8. The van der Waals surface area contributed by atoms with Crippen LogP contribution in [-0.2, 0) is 0 Å². The number of alkyl halides is 2. The van der Waals surface area contributed by atoms with E-state index in [1.807, 2.05) is 12.1 Å². The van der Waals surface area contributed by atoms with E-state index in [-0.39, 0.29) is 9.55 Å². The number of aromatic nitrogens is 1. The summed E-state index contributed by atoms with van der Waals surface area (Å²) in [5, 5.41) is 0.814. The molecular weight excluding hydrogens is 313 g/mol. The molecule has 0 aliphatic rings. The van der Waals surface area contributed by atoms with Crippen LogP contribution in [0.1, 0.15) is 9.43 Å². The van der Waals surface area contributed by atoms with Gasteiger partial charge in [0.05, 0.1) is 11.2 Å². The molecule has 0 amide bonds. The van der Waals surface area contributed by atoms with E-state index in [0.717, 1.165) is 16.6 Å². The normalized spacial score (nSPS) is 11.1. The maximum atomic E-state index is 12.8. The van der Waals surface area contributed by atoms with Crippen LogP contribution in [0, 0.1) is 5.82 Å². The Bertz CT molecular complexity index is 471. The maximum Gasteiger partial charge on any atom is 0.123 e. The predicted octanol–water partition coefficient (Wildman–Crippen LogP) is 4.16. The number of rotatable bonds is 1. The molecule has 0 atom stereocenters. The van der Waals surface area contributed by atoms with Crippen molar-refractivity contribution in [1.82, 2.24) is 4.98 Å². The average molecular weight is 319 g/mol. The SMILES string of the molecule is Fc1ccc2nc(C(Br)Br)ccc2c1. The number of hydrogen-bond acceptors (Lipinski definition) is 1. The van der Waals surface area contributed by atoms with Crippen LogP contribution in [0.15, 0.2) is 30.3 Å². The summed E-state index contributed by atoms with van der Waals surface area (Å²) in [6.45, 7) is 0. The molecule has 1 aromatic heterocycles. The van der Waals surface area contributed by atoms with Crippen LogP contribution in [0.3, 0.4) is 0 Å². The Morgan fingerprint density at radius 2 is 1.93 bits per heavy atom. The number of fused-ring (bicyclic) bond motifs is 1. The molecule has 2 aromatic rings. The van der Waals surface area contributed by atoms with E-state index >= 15 is 0 Å². The molecule has 0 bridgehead atoms. The number of hydrogen-bond donors (Lipinski definition) is 0. The van der Waals surface area contributed by atoms with E-state index in [0.29, 0.717) is 0 Å².